The molecule has 27 heavy (non-hydrogen) atoms. The molecule has 146 valence electrons. The summed E-state index contributed by atoms with van der Waals surface area (Å²) in [7, 11) is 0. The number of carbonyl (C=O) groups is 2. The van der Waals surface area contributed by atoms with Gasteiger partial charge in [-0.15, -0.1) is 11.3 Å². The summed E-state index contributed by atoms with van der Waals surface area (Å²) in [5.74, 6) is 1.00. The predicted octanol–water partition coefficient (Wildman–Crippen LogP) is 3.18. The molecule has 1 fully saturated rings. The van der Waals surface area contributed by atoms with Crippen LogP contribution in [-0.2, 0) is 11.3 Å². The maximum absolute atomic E-state index is 12.5. The van der Waals surface area contributed by atoms with E-state index in [9.17, 15) is 9.59 Å². The predicted molar refractivity (Wildman–Crippen MR) is 103 cm³/mol. The molecule has 0 aliphatic carbocycles. The highest BCUT2D eigenvalue weighted by molar-refractivity contribution is 7.11. The SMILES string of the molecule is Cc1noc(C)c1CN1CCC(NC(=O)c2nc(C(C)C)cs2)CCC1=O. The van der Waals surface area contributed by atoms with Gasteiger partial charge >= 0.3 is 0 Å². The van der Waals surface area contributed by atoms with Crippen molar-refractivity contribution in [1.82, 2.24) is 20.4 Å². The van der Waals surface area contributed by atoms with Crippen molar-refractivity contribution in [3.63, 3.8) is 0 Å². The third kappa shape index (κ3) is 4.55. The topological polar surface area (TPSA) is 88.3 Å². The number of amides is 2. The van der Waals surface area contributed by atoms with Crippen LogP contribution in [0.25, 0.3) is 0 Å². The average molecular weight is 391 g/mol. The van der Waals surface area contributed by atoms with Crippen LogP contribution in [0.3, 0.4) is 0 Å². The van der Waals surface area contributed by atoms with Crippen LogP contribution in [0.1, 0.15) is 71.5 Å². The third-order valence-electron chi connectivity index (χ3n) is 4.98. The number of thiazole rings is 1. The van der Waals surface area contributed by atoms with Crippen LogP contribution in [0.5, 0.6) is 0 Å². The second-order valence-corrected chi connectivity index (χ2v) is 8.21. The van der Waals surface area contributed by atoms with Gasteiger partial charge in [0.1, 0.15) is 5.76 Å². The number of aryl methyl sites for hydroxylation is 2. The lowest BCUT2D eigenvalue weighted by Gasteiger charge is -2.21. The highest BCUT2D eigenvalue weighted by atomic mass is 32.1. The van der Waals surface area contributed by atoms with E-state index in [1.165, 1.54) is 11.3 Å². The molecular weight excluding hydrogens is 364 g/mol. The largest absolute Gasteiger partial charge is 0.361 e. The van der Waals surface area contributed by atoms with Crippen LogP contribution in [0, 0.1) is 13.8 Å². The molecule has 1 N–H and O–H groups in total. The lowest BCUT2D eigenvalue weighted by atomic mass is 10.1. The third-order valence-corrected chi connectivity index (χ3v) is 5.84. The monoisotopic (exact) mass is 390 g/mol. The first-order valence-corrected chi connectivity index (χ1v) is 10.2. The van der Waals surface area contributed by atoms with Gasteiger partial charge in [0.2, 0.25) is 5.91 Å². The average Bonchev–Trinajstić information content (AvgIpc) is 3.20. The highest BCUT2D eigenvalue weighted by Gasteiger charge is 2.26. The molecule has 3 heterocycles. The van der Waals surface area contributed by atoms with E-state index in [1.54, 1.807) is 0 Å². The minimum atomic E-state index is -0.150. The van der Waals surface area contributed by atoms with Crippen LogP contribution >= 0.6 is 11.3 Å². The molecule has 2 amide bonds. The normalized spacial score (nSPS) is 18.0. The molecule has 1 aliphatic rings. The Morgan fingerprint density at radius 3 is 2.81 bits per heavy atom. The molecule has 7 nitrogen and oxygen atoms in total. The van der Waals surface area contributed by atoms with Gasteiger partial charge in [-0.1, -0.05) is 19.0 Å². The van der Waals surface area contributed by atoms with E-state index in [4.69, 9.17) is 4.52 Å². The molecule has 0 aromatic carbocycles. The van der Waals surface area contributed by atoms with Gasteiger partial charge in [-0.2, -0.15) is 0 Å². The molecule has 1 unspecified atom stereocenters. The molecule has 0 radical (unpaired) electrons. The van der Waals surface area contributed by atoms with Gasteiger partial charge < -0.3 is 14.7 Å². The molecule has 1 saturated heterocycles. The highest BCUT2D eigenvalue weighted by Crippen LogP contribution is 2.21. The van der Waals surface area contributed by atoms with Crippen molar-refractivity contribution in [2.75, 3.05) is 6.54 Å². The molecule has 2 aromatic heterocycles. The van der Waals surface area contributed by atoms with Gasteiger partial charge in [0.05, 0.1) is 17.9 Å². The Balaban J connectivity index is 1.60. The van der Waals surface area contributed by atoms with Crippen LogP contribution in [0.2, 0.25) is 0 Å². The molecule has 1 atom stereocenters. The van der Waals surface area contributed by atoms with Crippen molar-refractivity contribution in [3.05, 3.63) is 33.1 Å². The molecule has 0 bridgehead atoms. The van der Waals surface area contributed by atoms with Crippen LogP contribution in [-0.4, -0.2) is 39.4 Å². The number of nitrogens with zero attached hydrogens (tertiary/aromatic N) is 3. The van der Waals surface area contributed by atoms with Gasteiger partial charge in [-0.05, 0) is 32.6 Å². The zero-order valence-electron chi connectivity index (χ0n) is 16.2. The number of hydrogen-bond donors (Lipinski definition) is 1. The van der Waals surface area contributed by atoms with Gasteiger partial charge in [0, 0.05) is 30.0 Å². The van der Waals surface area contributed by atoms with Gasteiger partial charge in [-0.25, -0.2) is 4.98 Å². The Labute approximate surface area is 163 Å². The Kier molecular flexibility index (Phi) is 5.94. The smallest absolute Gasteiger partial charge is 0.280 e. The van der Waals surface area contributed by atoms with Gasteiger partial charge in [0.15, 0.2) is 5.01 Å². The van der Waals surface area contributed by atoms with E-state index in [1.807, 2.05) is 24.1 Å². The molecular formula is C19H26N4O3S. The minimum Gasteiger partial charge on any atom is -0.361 e. The van der Waals surface area contributed by atoms with E-state index in [0.717, 1.165) is 29.1 Å². The van der Waals surface area contributed by atoms with E-state index >= 15 is 0 Å². The van der Waals surface area contributed by atoms with Crippen molar-refractivity contribution >= 4 is 23.2 Å². The summed E-state index contributed by atoms with van der Waals surface area (Å²) in [6, 6.07) is -0.0254. The second-order valence-electron chi connectivity index (χ2n) is 7.35. The zero-order chi connectivity index (χ0) is 19.6. The number of likely N-dealkylation sites (tertiary alicyclic amines) is 1. The number of hydrogen-bond acceptors (Lipinski definition) is 6. The summed E-state index contributed by atoms with van der Waals surface area (Å²) in [6.45, 7) is 8.97. The van der Waals surface area contributed by atoms with Crippen LogP contribution in [0.15, 0.2) is 9.90 Å². The zero-order valence-corrected chi connectivity index (χ0v) is 17.1. The van der Waals surface area contributed by atoms with Crippen molar-refractivity contribution < 1.29 is 14.1 Å². The number of carbonyl (C=O) groups excluding carboxylic acids is 2. The first kappa shape index (κ1) is 19.5. The Morgan fingerprint density at radius 2 is 2.19 bits per heavy atom. The minimum absolute atomic E-state index is 0.0254. The lowest BCUT2D eigenvalue weighted by Crippen LogP contribution is -2.36. The summed E-state index contributed by atoms with van der Waals surface area (Å²) >= 11 is 1.37. The summed E-state index contributed by atoms with van der Waals surface area (Å²) < 4.78 is 5.19. The molecule has 2 aromatic rings. The van der Waals surface area contributed by atoms with Gasteiger partial charge in [0.25, 0.3) is 5.91 Å². The summed E-state index contributed by atoms with van der Waals surface area (Å²) in [5.41, 5.74) is 2.72. The molecule has 1 aliphatic heterocycles. The second kappa shape index (κ2) is 8.21. The summed E-state index contributed by atoms with van der Waals surface area (Å²) in [4.78, 5) is 31.2. The Morgan fingerprint density at radius 1 is 1.41 bits per heavy atom. The number of rotatable bonds is 5. The number of nitrogens with one attached hydrogen (secondary N) is 1. The molecule has 0 spiro atoms. The van der Waals surface area contributed by atoms with Crippen molar-refractivity contribution in [2.45, 2.75) is 65.5 Å². The Bertz CT molecular complexity index is 807. The maximum atomic E-state index is 12.5. The quantitative estimate of drug-likeness (QED) is 0.847. The van der Waals surface area contributed by atoms with Gasteiger partial charge in [-0.3, -0.25) is 9.59 Å². The standard InChI is InChI=1S/C19H26N4O3S/c1-11(2)16-10-27-19(21-16)18(25)20-14-5-6-17(24)23(8-7-14)9-15-12(3)22-26-13(15)4/h10-11,14H,5-9H2,1-4H3,(H,20,25). The van der Waals surface area contributed by atoms with Crippen LogP contribution < -0.4 is 5.32 Å². The summed E-state index contributed by atoms with van der Waals surface area (Å²) in [5, 5.41) is 9.43. The van der Waals surface area contributed by atoms with E-state index < -0.39 is 0 Å². The lowest BCUT2D eigenvalue weighted by molar-refractivity contribution is -0.131. The van der Waals surface area contributed by atoms with Crippen molar-refractivity contribution in [3.8, 4) is 0 Å². The fourth-order valence-corrected chi connectivity index (χ4v) is 4.05. The molecule has 0 saturated carbocycles. The first-order chi connectivity index (χ1) is 12.8. The van der Waals surface area contributed by atoms with E-state index in [0.29, 0.717) is 36.9 Å². The van der Waals surface area contributed by atoms with Crippen molar-refractivity contribution in [1.29, 1.82) is 0 Å². The molecule has 8 heteroatoms. The first-order valence-electron chi connectivity index (χ1n) is 9.31. The molecule has 3 rings (SSSR count). The van der Waals surface area contributed by atoms with Crippen LogP contribution in [0.4, 0.5) is 0 Å². The van der Waals surface area contributed by atoms with E-state index in [2.05, 4.69) is 29.3 Å². The fourth-order valence-electron chi connectivity index (χ4n) is 3.17. The van der Waals surface area contributed by atoms with Crippen molar-refractivity contribution in [2.24, 2.45) is 0 Å². The fraction of sp³-hybridized carbons (Fsp3) is 0.579. The van der Waals surface area contributed by atoms with E-state index in [-0.39, 0.29) is 17.9 Å². The summed E-state index contributed by atoms with van der Waals surface area (Å²) in [6.07, 6.45) is 1.79. The maximum Gasteiger partial charge on any atom is 0.280 e. The Hall–Kier alpha value is -2.22. The number of aromatic nitrogens is 2.